The Hall–Kier alpha value is 1.18. The first-order chi connectivity index (χ1) is 3.71. The Bertz CT molecular complexity index is 152. The molecule has 0 radical (unpaired) electrons. The van der Waals surface area contributed by atoms with Crippen LogP contribution in [0.15, 0.2) is 0 Å². The summed E-state index contributed by atoms with van der Waals surface area (Å²) >= 11 is 0. The molecule has 0 spiro atoms. The van der Waals surface area contributed by atoms with Gasteiger partial charge in [-0.15, -0.1) is 0 Å². The minimum absolute atomic E-state index is 0. The van der Waals surface area contributed by atoms with Gasteiger partial charge >= 0.3 is 27.3 Å². The van der Waals surface area contributed by atoms with Gasteiger partial charge in [-0.05, 0) is 0 Å². The summed E-state index contributed by atoms with van der Waals surface area (Å²) in [5, 5.41) is 0. The summed E-state index contributed by atoms with van der Waals surface area (Å²) in [7, 11) is -11.4. The van der Waals surface area contributed by atoms with Crippen LogP contribution in [-0.4, -0.2) is 0 Å². The zero-order chi connectivity index (χ0) is 7.71. The third-order valence-corrected chi connectivity index (χ3v) is 1.80. The third-order valence-electron chi connectivity index (χ3n) is 0.200. The maximum absolute atomic E-state index is 9.32. The van der Waals surface area contributed by atoms with E-state index in [4.69, 9.17) is 0 Å². The molecule has 10 heavy (non-hydrogen) atoms. The minimum atomic E-state index is -5.68. The van der Waals surface area contributed by atoms with Gasteiger partial charge in [-0.3, -0.25) is 0 Å². The molecule has 0 N–H and O–H groups in total. The molecule has 0 aliphatic heterocycles. The summed E-state index contributed by atoms with van der Waals surface area (Å²) in [6.07, 6.45) is 0. The van der Waals surface area contributed by atoms with Crippen molar-refractivity contribution in [2.75, 3.05) is 0 Å². The monoisotopic (exact) mass is 288 g/mol. The van der Waals surface area contributed by atoms with Gasteiger partial charge in [0.25, 0.3) is 0 Å². The Morgan fingerprint density at radius 1 is 0.900 bits per heavy atom. The van der Waals surface area contributed by atoms with Crippen LogP contribution in [0.25, 0.3) is 0 Å². The van der Waals surface area contributed by atoms with E-state index in [1.807, 2.05) is 0 Å². The Labute approximate surface area is 76.0 Å². The van der Waals surface area contributed by atoms with E-state index >= 15 is 0 Å². The Morgan fingerprint density at radius 2 is 1.10 bits per heavy atom. The molecule has 0 fully saturated rings. The minimum Gasteiger partial charge on any atom is -0.790 e. The molecule has 0 unspecified atom stereocenters. The van der Waals surface area contributed by atoms with Crippen LogP contribution in [0, 0.1) is 0 Å². The molecule has 0 aromatic rings. The van der Waals surface area contributed by atoms with Crippen molar-refractivity contribution in [2.24, 2.45) is 0 Å². The molecule has 0 bridgehead atoms. The summed E-state index contributed by atoms with van der Waals surface area (Å²) in [5.41, 5.74) is 0. The van der Waals surface area contributed by atoms with Crippen LogP contribution in [0.4, 0.5) is 0 Å². The van der Waals surface area contributed by atoms with E-state index in [-0.39, 0.29) is 27.3 Å². The molecule has 7 nitrogen and oxygen atoms in total. The number of phosphoric acid groups is 2. The molecule has 56 valence electrons. The van der Waals surface area contributed by atoms with Crippen LogP contribution in [0.5, 0.6) is 0 Å². The van der Waals surface area contributed by atoms with Crippen molar-refractivity contribution in [3.63, 3.8) is 0 Å². The molecule has 0 amide bonds. The van der Waals surface area contributed by atoms with Gasteiger partial charge < -0.3 is 33.0 Å². The fourth-order valence-corrected chi connectivity index (χ4v) is 1.10. The topological polar surface area (TPSA) is 136 Å². The molecule has 0 rings (SSSR count). The molecule has 0 atom stereocenters. The molecule has 0 aromatic carbocycles. The van der Waals surface area contributed by atoms with Gasteiger partial charge in [-0.2, -0.15) is 0 Å². The summed E-state index contributed by atoms with van der Waals surface area (Å²) < 4.78 is 21.2. The quantitative estimate of drug-likeness (QED) is 0.382. The molecule has 10 heteroatoms. The van der Waals surface area contributed by atoms with E-state index in [1.165, 1.54) is 0 Å². The number of hydrogen-bond donors (Lipinski definition) is 0. The Morgan fingerprint density at radius 3 is 1.10 bits per heavy atom. The van der Waals surface area contributed by atoms with Gasteiger partial charge in [-0.1, -0.05) is 0 Å². The SMILES string of the molecule is O=P([O-])([O-])OP(=O)([O-])[O-].[Cd+2]. The molecule has 0 aliphatic carbocycles. The van der Waals surface area contributed by atoms with Crippen LogP contribution < -0.4 is 19.6 Å². The van der Waals surface area contributed by atoms with E-state index < -0.39 is 15.6 Å². The second kappa shape index (κ2) is 4.27. The fourth-order valence-electron chi connectivity index (χ4n) is 0.122. The second-order valence-electron chi connectivity index (χ2n) is 0.976. The first-order valence-corrected chi connectivity index (χ1v) is 4.38. The van der Waals surface area contributed by atoms with Gasteiger partial charge in [-0.25, -0.2) is 0 Å². The average molecular weight is 286 g/mol. The Balaban J connectivity index is 0. The molecular formula is CdO7P2-2. The molecule has 0 saturated carbocycles. The normalized spacial score (nSPS) is 12.4. The average Bonchev–Trinajstić information content (AvgIpc) is 1.14. The van der Waals surface area contributed by atoms with Crippen molar-refractivity contribution < 1.29 is 60.3 Å². The van der Waals surface area contributed by atoms with Crippen LogP contribution in [0.2, 0.25) is 0 Å². The summed E-state index contributed by atoms with van der Waals surface area (Å²) in [6.45, 7) is 0. The van der Waals surface area contributed by atoms with E-state index in [1.54, 1.807) is 0 Å². The van der Waals surface area contributed by atoms with Gasteiger partial charge in [0.2, 0.25) is 0 Å². The summed E-state index contributed by atoms with van der Waals surface area (Å²) in [5.74, 6) is 0. The van der Waals surface area contributed by atoms with Gasteiger partial charge in [0.05, 0.1) is 15.6 Å². The molecular weight excluding hydrogens is 286 g/mol. The van der Waals surface area contributed by atoms with Crippen molar-refractivity contribution in [3.05, 3.63) is 0 Å². The standard InChI is InChI=1S/Cd.H4O7P2/c;1-8(2,3)7-9(4,5)6/h;(H2,1,2,3)(H2,4,5,6)/q+2;/p-4. The van der Waals surface area contributed by atoms with Crippen molar-refractivity contribution in [2.45, 2.75) is 0 Å². The predicted molar refractivity (Wildman–Crippen MR) is 16.3 cm³/mol. The van der Waals surface area contributed by atoms with E-state index in [0.29, 0.717) is 0 Å². The van der Waals surface area contributed by atoms with Crippen LogP contribution in [0.3, 0.4) is 0 Å². The number of hydrogen-bond acceptors (Lipinski definition) is 7. The maximum atomic E-state index is 9.32. The fraction of sp³-hybridized carbons (Fsp3) is 0. The van der Waals surface area contributed by atoms with Gasteiger partial charge in [0.1, 0.15) is 0 Å². The van der Waals surface area contributed by atoms with Gasteiger partial charge in [0.15, 0.2) is 0 Å². The summed E-state index contributed by atoms with van der Waals surface area (Å²) in [6, 6.07) is 0. The zero-order valence-corrected chi connectivity index (χ0v) is 10.3. The van der Waals surface area contributed by atoms with Gasteiger partial charge in [0, 0.05) is 0 Å². The van der Waals surface area contributed by atoms with Crippen molar-refractivity contribution in [1.29, 1.82) is 0 Å². The predicted octanol–water partition coefficient (Wildman–Crippen LogP) is -3.34. The first-order valence-electron chi connectivity index (χ1n) is 1.46. The smallest absolute Gasteiger partial charge is 0.790 e. The van der Waals surface area contributed by atoms with E-state index in [9.17, 15) is 28.7 Å². The van der Waals surface area contributed by atoms with E-state index in [0.717, 1.165) is 0 Å². The van der Waals surface area contributed by atoms with Crippen molar-refractivity contribution >= 4 is 15.6 Å². The molecule has 0 aliphatic rings. The van der Waals surface area contributed by atoms with Crippen LogP contribution in [0.1, 0.15) is 0 Å². The largest absolute Gasteiger partial charge is 2.00 e. The second-order valence-corrected chi connectivity index (χ2v) is 3.42. The first kappa shape index (κ1) is 13.8. The van der Waals surface area contributed by atoms with Crippen molar-refractivity contribution in [1.82, 2.24) is 0 Å². The van der Waals surface area contributed by atoms with Crippen LogP contribution >= 0.6 is 15.6 Å². The number of rotatable bonds is 2. The Kier molecular flexibility index (Phi) is 5.87. The summed E-state index contributed by atoms with van der Waals surface area (Å²) in [4.78, 5) is 37.3. The molecule has 0 heterocycles. The molecule has 0 saturated heterocycles. The molecule has 0 aromatic heterocycles. The van der Waals surface area contributed by atoms with Crippen molar-refractivity contribution in [3.8, 4) is 0 Å². The zero-order valence-electron chi connectivity index (χ0n) is 4.46. The third kappa shape index (κ3) is 11.9. The maximum Gasteiger partial charge on any atom is 2.00 e. The van der Waals surface area contributed by atoms with Crippen LogP contribution in [-0.2, 0) is 40.7 Å². The van der Waals surface area contributed by atoms with E-state index in [2.05, 4.69) is 4.31 Å².